The van der Waals surface area contributed by atoms with Crippen molar-refractivity contribution in [2.24, 2.45) is 0 Å². The zero-order valence-corrected chi connectivity index (χ0v) is 14.2. The number of nitrogens with one attached hydrogen (secondary N) is 1. The van der Waals surface area contributed by atoms with Gasteiger partial charge in [-0.25, -0.2) is 8.42 Å². The minimum atomic E-state index is -3.87. The number of rotatable bonds is 4. The van der Waals surface area contributed by atoms with Crippen molar-refractivity contribution in [2.45, 2.75) is 17.4 Å². The summed E-state index contributed by atoms with van der Waals surface area (Å²) >= 11 is 3.24. The molecule has 2 rings (SSSR count). The van der Waals surface area contributed by atoms with Gasteiger partial charge in [-0.1, -0.05) is 15.9 Å². The molecule has 1 N–H and O–H groups in total. The molecule has 1 amide bonds. The number of sulfonamides is 1. The van der Waals surface area contributed by atoms with Crippen molar-refractivity contribution >= 4 is 37.8 Å². The first-order valence-corrected chi connectivity index (χ1v) is 8.71. The van der Waals surface area contributed by atoms with Crippen LogP contribution in [0.2, 0.25) is 0 Å². The van der Waals surface area contributed by atoms with Gasteiger partial charge in [-0.15, -0.1) is 0 Å². The van der Waals surface area contributed by atoms with Crippen LogP contribution in [0.1, 0.15) is 6.42 Å². The van der Waals surface area contributed by atoms with Crippen LogP contribution in [0.4, 0.5) is 0 Å². The maximum absolute atomic E-state index is 12.7. The maximum atomic E-state index is 12.7. The lowest BCUT2D eigenvalue weighted by molar-refractivity contribution is -0.144. The number of piperazine rings is 1. The zero-order chi connectivity index (χ0) is 16.3. The highest BCUT2D eigenvalue weighted by atomic mass is 79.9. The normalized spacial score (nSPS) is 19.5. The van der Waals surface area contributed by atoms with Crippen molar-refractivity contribution in [2.75, 3.05) is 20.2 Å². The summed E-state index contributed by atoms with van der Waals surface area (Å²) in [7, 11) is -2.68. The number of ether oxygens (including phenoxy) is 1. The molecular weight excluding hydrogens is 376 g/mol. The number of amides is 1. The average molecular weight is 391 g/mol. The molecule has 9 heteroatoms. The van der Waals surface area contributed by atoms with E-state index in [9.17, 15) is 18.0 Å². The summed E-state index contributed by atoms with van der Waals surface area (Å²) in [6, 6.07) is 5.00. The molecule has 1 saturated heterocycles. The average Bonchev–Trinajstić information content (AvgIpc) is 2.49. The first-order valence-electron chi connectivity index (χ1n) is 6.48. The van der Waals surface area contributed by atoms with Gasteiger partial charge in [0.15, 0.2) is 0 Å². The van der Waals surface area contributed by atoms with Crippen LogP contribution in [0.15, 0.2) is 33.6 Å². The summed E-state index contributed by atoms with van der Waals surface area (Å²) in [6.07, 6.45) is -0.321. The topological polar surface area (TPSA) is 92.8 Å². The Morgan fingerprint density at radius 1 is 1.41 bits per heavy atom. The second-order valence-corrected chi connectivity index (χ2v) is 7.46. The summed E-state index contributed by atoms with van der Waals surface area (Å²) < 4.78 is 31.7. The van der Waals surface area contributed by atoms with E-state index in [0.717, 1.165) is 8.78 Å². The van der Waals surface area contributed by atoms with Gasteiger partial charge >= 0.3 is 5.97 Å². The fourth-order valence-corrected chi connectivity index (χ4v) is 4.01. The number of hydrogen-bond donors (Lipinski definition) is 1. The van der Waals surface area contributed by atoms with E-state index < -0.39 is 27.9 Å². The second-order valence-electron chi connectivity index (χ2n) is 4.66. The van der Waals surface area contributed by atoms with Gasteiger partial charge in [0.2, 0.25) is 15.9 Å². The van der Waals surface area contributed by atoms with Crippen molar-refractivity contribution in [1.82, 2.24) is 9.62 Å². The minimum absolute atomic E-state index is 0.0697. The lowest BCUT2D eigenvalue weighted by Gasteiger charge is -2.33. The maximum Gasteiger partial charge on any atom is 0.307 e. The number of halogens is 1. The Morgan fingerprint density at radius 2 is 2.05 bits per heavy atom. The molecule has 1 fully saturated rings. The predicted molar refractivity (Wildman–Crippen MR) is 81.5 cm³/mol. The molecule has 1 heterocycles. The molecule has 1 aromatic rings. The van der Waals surface area contributed by atoms with E-state index >= 15 is 0 Å². The number of benzene rings is 1. The van der Waals surface area contributed by atoms with Crippen LogP contribution in [0.5, 0.6) is 0 Å². The summed E-state index contributed by atoms with van der Waals surface area (Å²) in [4.78, 5) is 23.5. The van der Waals surface area contributed by atoms with Crippen molar-refractivity contribution in [3.05, 3.63) is 28.7 Å². The van der Waals surface area contributed by atoms with Crippen LogP contribution in [0, 0.1) is 0 Å². The third-order valence-electron chi connectivity index (χ3n) is 3.29. The molecule has 0 aliphatic carbocycles. The predicted octanol–water partition coefficient (Wildman–Crippen LogP) is 0.501. The Labute approximate surface area is 136 Å². The number of nitrogens with zero attached hydrogens (tertiary/aromatic N) is 1. The standard InChI is InChI=1S/C13H15BrN2O5S/c1-21-12(17)8-11-13(18)15-6-7-16(11)22(19,20)10-4-2-9(14)3-5-10/h2-5,11H,6-8H2,1H3,(H,15,18)/t11-/m0/s1. The van der Waals surface area contributed by atoms with E-state index in [1.165, 1.54) is 19.2 Å². The van der Waals surface area contributed by atoms with Gasteiger partial charge in [-0.05, 0) is 24.3 Å². The van der Waals surface area contributed by atoms with Gasteiger partial charge in [0.25, 0.3) is 0 Å². The van der Waals surface area contributed by atoms with Crippen molar-refractivity contribution < 1.29 is 22.7 Å². The molecule has 0 saturated carbocycles. The molecule has 7 nitrogen and oxygen atoms in total. The van der Waals surface area contributed by atoms with Crippen LogP contribution >= 0.6 is 15.9 Å². The largest absolute Gasteiger partial charge is 0.469 e. The number of carbonyl (C=O) groups is 2. The molecule has 1 aromatic carbocycles. The fourth-order valence-electron chi connectivity index (χ4n) is 2.16. The van der Waals surface area contributed by atoms with Crippen molar-refractivity contribution in [3.63, 3.8) is 0 Å². The van der Waals surface area contributed by atoms with Crippen molar-refractivity contribution in [1.29, 1.82) is 0 Å². The highest BCUT2D eigenvalue weighted by molar-refractivity contribution is 9.10. The number of carbonyl (C=O) groups excluding carboxylic acids is 2. The molecule has 0 spiro atoms. The van der Waals surface area contributed by atoms with Gasteiger partial charge in [0.05, 0.1) is 18.4 Å². The van der Waals surface area contributed by atoms with Crippen LogP contribution in [-0.2, 0) is 24.3 Å². The molecule has 0 aromatic heterocycles. The second kappa shape index (κ2) is 6.76. The Bertz CT molecular complexity index is 674. The van der Waals surface area contributed by atoms with Crippen LogP contribution < -0.4 is 5.32 Å². The molecule has 0 unspecified atom stereocenters. The lowest BCUT2D eigenvalue weighted by Crippen LogP contribution is -2.57. The Morgan fingerprint density at radius 3 is 2.64 bits per heavy atom. The zero-order valence-electron chi connectivity index (χ0n) is 11.8. The SMILES string of the molecule is COC(=O)C[C@H]1C(=O)NCCN1S(=O)(=O)c1ccc(Br)cc1. The van der Waals surface area contributed by atoms with Gasteiger partial charge in [0, 0.05) is 17.6 Å². The summed E-state index contributed by atoms with van der Waals surface area (Å²) in [5.74, 6) is -1.14. The summed E-state index contributed by atoms with van der Waals surface area (Å²) in [5, 5.41) is 2.56. The van der Waals surface area contributed by atoms with E-state index in [4.69, 9.17) is 0 Å². The van der Waals surface area contributed by atoms with Gasteiger partial charge in [0.1, 0.15) is 6.04 Å². The Balaban J connectivity index is 2.35. The third kappa shape index (κ3) is 3.47. The highest BCUT2D eigenvalue weighted by Crippen LogP contribution is 2.23. The van der Waals surface area contributed by atoms with Gasteiger partial charge < -0.3 is 10.1 Å². The van der Waals surface area contributed by atoms with Gasteiger partial charge in [-0.3, -0.25) is 9.59 Å². The van der Waals surface area contributed by atoms with E-state index in [0.29, 0.717) is 0 Å². The summed E-state index contributed by atoms with van der Waals surface area (Å²) in [5.41, 5.74) is 0. The van der Waals surface area contributed by atoms with Crippen LogP contribution in [-0.4, -0.2) is 50.8 Å². The molecule has 0 radical (unpaired) electrons. The van der Waals surface area contributed by atoms with Crippen molar-refractivity contribution in [3.8, 4) is 0 Å². The molecule has 120 valence electrons. The number of esters is 1. The first kappa shape index (κ1) is 16.9. The van der Waals surface area contributed by atoms with E-state index in [1.807, 2.05) is 0 Å². The van der Waals surface area contributed by atoms with E-state index in [2.05, 4.69) is 26.0 Å². The first-order chi connectivity index (χ1) is 10.4. The molecule has 1 aliphatic rings. The number of hydrogen-bond acceptors (Lipinski definition) is 5. The number of methoxy groups -OCH3 is 1. The van der Waals surface area contributed by atoms with Gasteiger partial charge in [-0.2, -0.15) is 4.31 Å². The smallest absolute Gasteiger partial charge is 0.307 e. The quantitative estimate of drug-likeness (QED) is 0.755. The summed E-state index contributed by atoms with van der Waals surface area (Å²) in [6.45, 7) is 0.304. The third-order valence-corrected chi connectivity index (χ3v) is 5.74. The minimum Gasteiger partial charge on any atom is -0.469 e. The van der Waals surface area contributed by atoms with Crippen LogP contribution in [0.25, 0.3) is 0 Å². The van der Waals surface area contributed by atoms with E-state index in [1.54, 1.807) is 12.1 Å². The molecule has 0 bridgehead atoms. The Kier molecular flexibility index (Phi) is 5.20. The van der Waals surface area contributed by atoms with Crippen LogP contribution in [0.3, 0.4) is 0 Å². The molecule has 22 heavy (non-hydrogen) atoms. The molecule has 1 aliphatic heterocycles. The fraction of sp³-hybridized carbons (Fsp3) is 0.385. The molecular formula is C13H15BrN2O5S. The molecule has 1 atom stereocenters. The monoisotopic (exact) mass is 390 g/mol. The highest BCUT2D eigenvalue weighted by Gasteiger charge is 2.39. The Hall–Kier alpha value is -1.45. The van der Waals surface area contributed by atoms with E-state index in [-0.39, 0.29) is 24.4 Å². The lowest BCUT2D eigenvalue weighted by atomic mass is 10.1.